The van der Waals surface area contributed by atoms with E-state index in [-0.39, 0.29) is 5.91 Å². The van der Waals surface area contributed by atoms with Gasteiger partial charge in [0.1, 0.15) is 5.69 Å². The Morgan fingerprint density at radius 2 is 2.00 bits per heavy atom. The van der Waals surface area contributed by atoms with Crippen LogP contribution in [0.3, 0.4) is 0 Å². The van der Waals surface area contributed by atoms with E-state index < -0.39 is 0 Å². The summed E-state index contributed by atoms with van der Waals surface area (Å²) in [6.07, 6.45) is 0. The molecule has 0 heterocycles. The highest BCUT2D eigenvalue weighted by atomic mass is 16.3. The van der Waals surface area contributed by atoms with Crippen LogP contribution in [-0.2, 0) is 4.79 Å². The predicted molar refractivity (Wildman–Crippen MR) is 68.5 cm³/mol. The number of carbonyl (C=O) groups excluding carboxylic acids is 1. The number of amides is 1. The van der Waals surface area contributed by atoms with E-state index in [0.717, 1.165) is 18.8 Å². The van der Waals surface area contributed by atoms with E-state index in [1.165, 1.54) is 6.92 Å². The molecule has 0 aromatic heterocycles. The molecule has 0 radical (unpaired) electrons. The molecule has 0 saturated heterocycles. The van der Waals surface area contributed by atoms with Crippen LogP contribution in [0.25, 0.3) is 0 Å². The monoisotopic (exact) mass is 235 g/mol. The van der Waals surface area contributed by atoms with E-state index in [2.05, 4.69) is 15.4 Å². The first-order chi connectivity index (χ1) is 8.17. The highest BCUT2D eigenvalue weighted by Gasteiger charge is 2.04. The van der Waals surface area contributed by atoms with Gasteiger partial charge in [0.2, 0.25) is 5.91 Å². The Balaban J connectivity index is 2.59. The largest absolute Gasteiger partial charge is 0.370 e. The SMILES string of the molecule is CCN(CCNC(C)=O)c1ccc(N=O)cc1. The molecule has 0 bridgehead atoms. The maximum Gasteiger partial charge on any atom is 0.216 e. The molecule has 0 aliphatic rings. The second-order valence-electron chi connectivity index (χ2n) is 3.67. The van der Waals surface area contributed by atoms with Crippen LogP contribution in [0.15, 0.2) is 29.4 Å². The summed E-state index contributed by atoms with van der Waals surface area (Å²) in [4.78, 5) is 23.2. The fraction of sp³-hybridized carbons (Fsp3) is 0.417. The average molecular weight is 235 g/mol. The Kier molecular flexibility index (Phi) is 5.13. The summed E-state index contributed by atoms with van der Waals surface area (Å²) in [6.45, 7) is 5.73. The van der Waals surface area contributed by atoms with Crippen LogP contribution in [0.4, 0.5) is 11.4 Å². The topological polar surface area (TPSA) is 61.8 Å². The molecule has 0 spiro atoms. The van der Waals surface area contributed by atoms with E-state index in [9.17, 15) is 9.70 Å². The van der Waals surface area contributed by atoms with Crippen LogP contribution in [0, 0.1) is 4.91 Å². The number of hydrogen-bond acceptors (Lipinski definition) is 4. The van der Waals surface area contributed by atoms with Gasteiger partial charge < -0.3 is 10.2 Å². The number of nitrogens with one attached hydrogen (secondary N) is 1. The van der Waals surface area contributed by atoms with Crippen molar-refractivity contribution < 1.29 is 4.79 Å². The van der Waals surface area contributed by atoms with Gasteiger partial charge in [0.05, 0.1) is 0 Å². The molecular weight excluding hydrogens is 218 g/mol. The van der Waals surface area contributed by atoms with Crippen molar-refractivity contribution in [1.82, 2.24) is 5.32 Å². The zero-order valence-corrected chi connectivity index (χ0v) is 10.1. The molecule has 1 amide bonds. The summed E-state index contributed by atoms with van der Waals surface area (Å²) >= 11 is 0. The van der Waals surface area contributed by atoms with Gasteiger partial charge in [-0.1, -0.05) is 0 Å². The van der Waals surface area contributed by atoms with Crippen LogP contribution in [0.5, 0.6) is 0 Å². The number of likely N-dealkylation sites (N-methyl/N-ethyl adjacent to an activating group) is 1. The van der Waals surface area contributed by atoms with Crippen molar-refractivity contribution in [2.75, 3.05) is 24.5 Å². The standard InChI is InChI=1S/C12H17N3O2/c1-3-15(9-8-13-10(2)16)12-6-4-11(14-17)5-7-12/h4-7H,3,8-9H2,1-2H3,(H,13,16). The molecule has 1 rings (SSSR count). The van der Waals surface area contributed by atoms with Crippen molar-refractivity contribution in [3.8, 4) is 0 Å². The van der Waals surface area contributed by atoms with Gasteiger partial charge in [-0.3, -0.25) is 4.79 Å². The molecule has 0 fully saturated rings. The molecule has 17 heavy (non-hydrogen) atoms. The molecule has 1 N–H and O–H groups in total. The van der Waals surface area contributed by atoms with Gasteiger partial charge in [-0.25, -0.2) is 0 Å². The summed E-state index contributed by atoms with van der Waals surface area (Å²) in [5.41, 5.74) is 1.44. The average Bonchev–Trinajstić information content (AvgIpc) is 2.34. The predicted octanol–water partition coefficient (Wildman–Crippen LogP) is 2.05. The lowest BCUT2D eigenvalue weighted by Crippen LogP contribution is -2.33. The number of hydrogen-bond donors (Lipinski definition) is 1. The van der Waals surface area contributed by atoms with E-state index in [1.807, 2.05) is 19.1 Å². The molecule has 0 atom stereocenters. The molecular formula is C12H17N3O2. The number of nitrogens with zero attached hydrogens (tertiary/aromatic N) is 2. The van der Waals surface area contributed by atoms with Crippen molar-refractivity contribution in [2.24, 2.45) is 5.18 Å². The van der Waals surface area contributed by atoms with Gasteiger partial charge >= 0.3 is 0 Å². The van der Waals surface area contributed by atoms with Crippen molar-refractivity contribution in [1.29, 1.82) is 0 Å². The van der Waals surface area contributed by atoms with Crippen molar-refractivity contribution in [3.63, 3.8) is 0 Å². The van der Waals surface area contributed by atoms with E-state index >= 15 is 0 Å². The fourth-order valence-electron chi connectivity index (χ4n) is 1.56. The lowest BCUT2D eigenvalue weighted by Gasteiger charge is -2.23. The number of carbonyl (C=O) groups is 1. The molecule has 92 valence electrons. The third kappa shape index (κ3) is 4.22. The Labute approximate surface area is 101 Å². The lowest BCUT2D eigenvalue weighted by molar-refractivity contribution is -0.118. The summed E-state index contributed by atoms with van der Waals surface area (Å²) in [7, 11) is 0. The summed E-state index contributed by atoms with van der Waals surface area (Å²) < 4.78 is 0. The van der Waals surface area contributed by atoms with Gasteiger partial charge in [0.25, 0.3) is 0 Å². The smallest absolute Gasteiger partial charge is 0.216 e. The second kappa shape index (κ2) is 6.62. The molecule has 0 aliphatic heterocycles. The van der Waals surface area contributed by atoms with Crippen LogP contribution < -0.4 is 10.2 Å². The minimum Gasteiger partial charge on any atom is -0.370 e. The Hall–Kier alpha value is -1.91. The highest BCUT2D eigenvalue weighted by molar-refractivity contribution is 5.72. The van der Waals surface area contributed by atoms with Crippen LogP contribution >= 0.6 is 0 Å². The first-order valence-corrected chi connectivity index (χ1v) is 5.60. The third-order valence-corrected chi connectivity index (χ3v) is 2.46. The van der Waals surface area contributed by atoms with E-state index in [1.54, 1.807) is 12.1 Å². The third-order valence-electron chi connectivity index (χ3n) is 2.46. The van der Waals surface area contributed by atoms with Crippen molar-refractivity contribution in [2.45, 2.75) is 13.8 Å². The normalized spacial score (nSPS) is 9.76. The van der Waals surface area contributed by atoms with Crippen molar-refractivity contribution >= 4 is 17.3 Å². The summed E-state index contributed by atoms with van der Waals surface area (Å²) in [6, 6.07) is 7.08. The number of nitroso groups, excluding NO2 is 1. The maximum absolute atomic E-state index is 10.8. The first kappa shape index (κ1) is 13.2. The Morgan fingerprint density at radius 1 is 1.35 bits per heavy atom. The first-order valence-electron chi connectivity index (χ1n) is 5.60. The summed E-state index contributed by atoms with van der Waals surface area (Å²) in [5.74, 6) is -0.0263. The van der Waals surface area contributed by atoms with Gasteiger partial charge in [0, 0.05) is 32.2 Å². The molecule has 5 nitrogen and oxygen atoms in total. The lowest BCUT2D eigenvalue weighted by atomic mass is 10.2. The Morgan fingerprint density at radius 3 is 2.47 bits per heavy atom. The van der Waals surface area contributed by atoms with Gasteiger partial charge in [-0.15, -0.1) is 4.91 Å². The molecule has 0 saturated carbocycles. The Bertz CT molecular complexity index is 376. The number of benzene rings is 1. The van der Waals surface area contributed by atoms with Crippen molar-refractivity contribution in [3.05, 3.63) is 29.2 Å². The minimum atomic E-state index is -0.0263. The number of rotatable bonds is 6. The van der Waals surface area contributed by atoms with Crippen LogP contribution in [0.1, 0.15) is 13.8 Å². The zero-order chi connectivity index (χ0) is 12.7. The van der Waals surface area contributed by atoms with Gasteiger partial charge in [0.15, 0.2) is 0 Å². The minimum absolute atomic E-state index is 0.0263. The molecule has 5 heteroatoms. The second-order valence-corrected chi connectivity index (χ2v) is 3.67. The molecule has 0 aliphatic carbocycles. The maximum atomic E-state index is 10.8. The van der Waals surface area contributed by atoms with Crippen LogP contribution in [-0.4, -0.2) is 25.5 Å². The van der Waals surface area contributed by atoms with E-state index in [0.29, 0.717) is 12.2 Å². The van der Waals surface area contributed by atoms with Gasteiger partial charge in [-0.2, -0.15) is 0 Å². The molecule has 1 aromatic rings. The summed E-state index contributed by atoms with van der Waals surface area (Å²) in [5, 5.41) is 5.61. The molecule has 0 unspecified atom stereocenters. The number of anilines is 1. The highest BCUT2D eigenvalue weighted by Crippen LogP contribution is 2.19. The quantitative estimate of drug-likeness (QED) is 0.767. The zero-order valence-electron chi connectivity index (χ0n) is 10.1. The molecule has 1 aromatic carbocycles. The fourth-order valence-corrected chi connectivity index (χ4v) is 1.56. The van der Waals surface area contributed by atoms with E-state index in [4.69, 9.17) is 0 Å². The van der Waals surface area contributed by atoms with Gasteiger partial charge in [-0.05, 0) is 36.4 Å². The van der Waals surface area contributed by atoms with Crippen LogP contribution in [0.2, 0.25) is 0 Å².